The molecule has 0 aromatic carbocycles. The fourth-order valence-electron chi connectivity index (χ4n) is 1.50. The van der Waals surface area contributed by atoms with Crippen molar-refractivity contribution in [3.05, 3.63) is 0 Å². The second-order valence-corrected chi connectivity index (χ2v) is 3.50. The summed E-state index contributed by atoms with van der Waals surface area (Å²) in [5.41, 5.74) is -0.998. The average molecular weight is 159 g/mol. The van der Waals surface area contributed by atoms with Crippen LogP contribution in [0.4, 0.5) is 8.78 Å². The number of rotatable bonds is 2. The minimum absolute atomic E-state index is 0.0999. The van der Waals surface area contributed by atoms with Crippen molar-refractivity contribution in [1.82, 2.24) is 0 Å². The zero-order valence-electron chi connectivity index (χ0n) is 6.69. The maximum absolute atomic E-state index is 12.9. The predicted molar refractivity (Wildman–Crippen MR) is 37.1 cm³/mol. The van der Waals surface area contributed by atoms with Gasteiger partial charge >= 0.3 is 5.92 Å². The van der Waals surface area contributed by atoms with Crippen LogP contribution in [-0.4, -0.2) is 5.92 Å². The summed E-state index contributed by atoms with van der Waals surface area (Å²) in [5, 5.41) is 8.22. The van der Waals surface area contributed by atoms with Crippen molar-refractivity contribution in [2.45, 2.75) is 32.6 Å². The Hall–Kier alpha value is -0.650. The standard InChI is InChI=1S/C8H11F2N/c1-6(2)7(3-4-7)8(9,10)5-11/h6H,3-4H2,1-2H3. The highest BCUT2D eigenvalue weighted by Gasteiger charge is 2.63. The number of halogens is 2. The zero-order valence-corrected chi connectivity index (χ0v) is 6.69. The molecule has 1 rings (SSSR count). The third kappa shape index (κ3) is 1.01. The molecule has 1 aliphatic rings. The Kier molecular flexibility index (Phi) is 1.66. The minimum atomic E-state index is -3.12. The molecule has 3 heteroatoms. The van der Waals surface area contributed by atoms with Gasteiger partial charge in [0.05, 0.1) is 5.41 Å². The highest BCUT2D eigenvalue weighted by Crippen LogP contribution is 2.61. The lowest BCUT2D eigenvalue weighted by atomic mass is 9.86. The molecule has 0 aliphatic heterocycles. The Labute approximate surface area is 65.0 Å². The molecule has 0 unspecified atom stereocenters. The van der Waals surface area contributed by atoms with E-state index in [4.69, 9.17) is 5.26 Å². The van der Waals surface area contributed by atoms with Gasteiger partial charge in [0.15, 0.2) is 0 Å². The van der Waals surface area contributed by atoms with Gasteiger partial charge in [-0.3, -0.25) is 0 Å². The molecule has 0 radical (unpaired) electrons. The van der Waals surface area contributed by atoms with E-state index in [9.17, 15) is 8.78 Å². The van der Waals surface area contributed by atoms with Crippen LogP contribution in [0, 0.1) is 22.7 Å². The summed E-state index contributed by atoms with van der Waals surface area (Å²) in [6.45, 7) is 3.50. The average Bonchev–Trinajstić information content (AvgIpc) is 2.66. The topological polar surface area (TPSA) is 23.8 Å². The second-order valence-electron chi connectivity index (χ2n) is 3.50. The highest BCUT2D eigenvalue weighted by atomic mass is 19.3. The van der Waals surface area contributed by atoms with Crippen LogP contribution < -0.4 is 0 Å². The molecule has 0 saturated heterocycles. The molecule has 0 amide bonds. The van der Waals surface area contributed by atoms with Crippen molar-refractivity contribution < 1.29 is 8.78 Å². The van der Waals surface area contributed by atoms with Crippen LogP contribution >= 0.6 is 0 Å². The van der Waals surface area contributed by atoms with Gasteiger partial charge in [0.25, 0.3) is 0 Å². The lowest BCUT2D eigenvalue weighted by molar-refractivity contribution is -0.0382. The largest absolute Gasteiger partial charge is 0.337 e. The first-order valence-electron chi connectivity index (χ1n) is 3.75. The molecule has 1 aliphatic carbocycles. The molecule has 0 N–H and O–H groups in total. The Balaban J connectivity index is 2.83. The zero-order chi connectivity index (χ0) is 8.70. The van der Waals surface area contributed by atoms with E-state index in [0.29, 0.717) is 12.8 Å². The number of nitrogens with zero attached hydrogens (tertiary/aromatic N) is 1. The second kappa shape index (κ2) is 2.17. The normalized spacial score (nSPS) is 21.5. The molecule has 0 aromatic rings. The third-order valence-corrected chi connectivity index (χ3v) is 2.66. The molecule has 1 saturated carbocycles. The number of alkyl halides is 2. The van der Waals surface area contributed by atoms with Crippen molar-refractivity contribution in [2.75, 3.05) is 0 Å². The molecule has 62 valence electrons. The van der Waals surface area contributed by atoms with Crippen LogP contribution in [0.5, 0.6) is 0 Å². The Morgan fingerprint density at radius 1 is 1.45 bits per heavy atom. The molecular formula is C8H11F2N. The summed E-state index contributed by atoms with van der Waals surface area (Å²) >= 11 is 0. The summed E-state index contributed by atoms with van der Waals surface area (Å²) in [6, 6.07) is 1.09. The van der Waals surface area contributed by atoms with Crippen LogP contribution in [0.3, 0.4) is 0 Å². The molecule has 0 heterocycles. The van der Waals surface area contributed by atoms with Crippen molar-refractivity contribution in [2.24, 2.45) is 11.3 Å². The van der Waals surface area contributed by atoms with Crippen LogP contribution in [0.25, 0.3) is 0 Å². The van der Waals surface area contributed by atoms with Gasteiger partial charge in [-0.05, 0) is 18.8 Å². The molecule has 1 nitrogen and oxygen atoms in total. The number of hydrogen-bond acceptors (Lipinski definition) is 1. The molecule has 11 heavy (non-hydrogen) atoms. The Morgan fingerprint density at radius 3 is 2.00 bits per heavy atom. The van der Waals surface area contributed by atoms with E-state index >= 15 is 0 Å². The summed E-state index contributed by atoms with van der Waals surface area (Å²) in [6.07, 6.45) is 0.983. The highest BCUT2D eigenvalue weighted by molar-refractivity contribution is 5.14. The van der Waals surface area contributed by atoms with E-state index in [0.717, 1.165) is 6.07 Å². The van der Waals surface area contributed by atoms with E-state index in [2.05, 4.69) is 0 Å². The summed E-state index contributed by atoms with van der Waals surface area (Å²) < 4.78 is 25.8. The van der Waals surface area contributed by atoms with Gasteiger partial charge in [-0.1, -0.05) is 13.8 Å². The first kappa shape index (κ1) is 8.45. The van der Waals surface area contributed by atoms with E-state index < -0.39 is 11.3 Å². The summed E-state index contributed by atoms with van der Waals surface area (Å²) in [5.74, 6) is -3.22. The van der Waals surface area contributed by atoms with Crippen LogP contribution in [0.2, 0.25) is 0 Å². The minimum Gasteiger partial charge on any atom is -0.192 e. The molecular weight excluding hydrogens is 148 g/mol. The Bertz CT molecular complexity index is 199. The molecule has 0 bridgehead atoms. The Morgan fingerprint density at radius 2 is 1.91 bits per heavy atom. The van der Waals surface area contributed by atoms with Crippen LogP contribution in [0.1, 0.15) is 26.7 Å². The number of nitriles is 1. The first-order chi connectivity index (χ1) is 4.96. The van der Waals surface area contributed by atoms with Crippen LogP contribution in [-0.2, 0) is 0 Å². The van der Waals surface area contributed by atoms with Gasteiger partial charge in [-0.15, -0.1) is 0 Å². The smallest absolute Gasteiger partial charge is 0.192 e. The van der Waals surface area contributed by atoms with Gasteiger partial charge in [-0.25, -0.2) is 0 Å². The third-order valence-electron chi connectivity index (χ3n) is 2.66. The molecule has 0 aromatic heterocycles. The lowest BCUT2D eigenvalue weighted by Gasteiger charge is -2.23. The van der Waals surface area contributed by atoms with Crippen molar-refractivity contribution in [1.29, 1.82) is 5.26 Å². The lowest BCUT2D eigenvalue weighted by Crippen LogP contribution is -2.32. The van der Waals surface area contributed by atoms with Crippen molar-refractivity contribution in [3.63, 3.8) is 0 Å². The maximum Gasteiger partial charge on any atom is 0.337 e. The van der Waals surface area contributed by atoms with Gasteiger partial charge in [-0.2, -0.15) is 14.0 Å². The van der Waals surface area contributed by atoms with Gasteiger partial charge in [0.1, 0.15) is 6.07 Å². The van der Waals surface area contributed by atoms with Gasteiger partial charge in [0.2, 0.25) is 0 Å². The monoisotopic (exact) mass is 159 g/mol. The molecule has 0 atom stereocenters. The summed E-state index contributed by atoms with van der Waals surface area (Å²) in [7, 11) is 0. The van der Waals surface area contributed by atoms with Gasteiger partial charge < -0.3 is 0 Å². The molecule has 0 spiro atoms. The number of hydrogen-bond donors (Lipinski definition) is 0. The first-order valence-corrected chi connectivity index (χ1v) is 3.75. The van der Waals surface area contributed by atoms with E-state index in [1.54, 1.807) is 13.8 Å². The van der Waals surface area contributed by atoms with Crippen molar-refractivity contribution in [3.8, 4) is 6.07 Å². The fourth-order valence-corrected chi connectivity index (χ4v) is 1.50. The fraction of sp³-hybridized carbons (Fsp3) is 0.875. The maximum atomic E-state index is 12.9. The molecule has 1 fully saturated rings. The predicted octanol–water partition coefficient (Wildman–Crippen LogP) is 2.58. The van der Waals surface area contributed by atoms with Gasteiger partial charge in [0, 0.05) is 0 Å². The van der Waals surface area contributed by atoms with Crippen LogP contribution in [0.15, 0.2) is 0 Å². The van der Waals surface area contributed by atoms with Crippen molar-refractivity contribution >= 4 is 0 Å². The quantitative estimate of drug-likeness (QED) is 0.607. The van der Waals surface area contributed by atoms with E-state index in [-0.39, 0.29) is 5.92 Å². The van der Waals surface area contributed by atoms with E-state index in [1.165, 1.54) is 0 Å². The SMILES string of the molecule is CC(C)C1(C(F)(F)C#N)CC1. The van der Waals surface area contributed by atoms with E-state index in [1.807, 2.05) is 0 Å². The summed E-state index contributed by atoms with van der Waals surface area (Å²) in [4.78, 5) is 0.